The third-order valence-corrected chi connectivity index (χ3v) is 7.58. The number of aromatic nitrogens is 3. The molecular formula is C25H27N5O3S. The Morgan fingerprint density at radius 2 is 1.82 bits per heavy atom. The zero-order valence-electron chi connectivity index (χ0n) is 18.9. The summed E-state index contributed by atoms with van der Waals surface area (Å²) < 4.78 is 32.6. The highest BCUT2D eigenvalue weighted by molar-refractivity contribution is 7.89. The molecule has 3 heterocycles. The van der Waals surface area contributed by atoms with Gasteiger partial charge < -0.3 is 15.0 Å². The second kappa shape index (κ2) is 9.54. The summed E-state index contributed by atoms with van der Waals surface area (Å²) in [6.07, 6.45) is 5.03. The number of nitrogens with zero attached hydrogens (tertiary/aromatic N) is 2. The standard InChI is InChI=1S/C25H27N5O3S/c1-26-34(31,32)20-12-10-18(11-13-20)23-21(17-7-3-2-4-8-17)22-24(28-16-29-25(22)30-23)27-15-19-9-5-6-14-33-19/h2-4,7-8,10-13,16,19,26H,5-6,9,14-15H2,1H3,(H2,27,28,29,30). The Morgan fingerprint density at radius 3 is 2.53 bits per heavy atom. The van der Waals surface area contributed by atoms with Crippen molar-refractivity contribution in [1.29, 1.82) is 0 Å². The van der Waals surface area contributed by atoms with E-state index in [1.54, 1.807) is 30.6 Å². The SMILES string of the molecule is CNS(=O)(=O)c1ccc(-c2[nH]c3ncnc(NCC4CCCCO4)c3c2-c2ccccc2)cc1. The number of sulfonamides is 1. The summed E-state index contributed by atoms with van der Waals surface area (Å²) in [5, 5.41) is 4.38. The van der Waals surface area contributed by atoms with Crippen LogP contribution in [0, 0.1) is 0 Å². The van der Waals surface area contributed by atoms with Crippen LogP contribution in [0.4, 0.5) is 5.82 Å². The van der Waals surface area contributed by atoms with Gasteiger partial charge in [0.2, 0.25) is 10.0 Å². The average Bonchev–Trinajstić information content (AvgIpc) is 3.29. The molecule has 3 N–H and O–H groups in total. The van der Waals surface area contributed by atoms with Gasteiger partial charge in [-0.1, -0.05) is 42.5 Å². The molecule has 2 aromatic carbocycles. The minimum Gasteiger partial charge on any atom is -0.376 e. The second-order valence-corrected chi connectivity index (χ2v) is 10.2. The number of aromatic amines is 1. The van der Waals surface area contributed by atoms with Crippen molar-refractivity contribution in [2.24, 2.45) is 0 Å². The van der Waals surface area contributed by atoms with E-state index in [1.165, 1.54) is 13.5 Å². The van der Waals surface area contributed by atoms with Crippen LogP contribution in [0.25, 0.3) is 33.4 Å². The normalized spacial score (nSPS) is 16.6. The van der Waals surface area contributed by atoms with Crippen LogP contribution < -0.4 is 10.0 Å². The number of hydrogen-bond donors (Lipinski definition) is 3. The Bertz CT molecular complexity index is 1380. The number of ether oxygens (including phenoxy) is 1. The molecule has 2 aromatic heterocycles. The monoisotopic (exact) mass is 477 g/mol. The van der Waals surface area contributed by atoms with Gasteiger partial charge in [-0.2, -0.15) is 0 Å². The van der Waals surface area contributed by atoms with E-state index in [4.69, 9.17) is 4.74 Å². The molecule has 0 amide bonds. The van der Waals surface area contributed by atoms with Crippen molar-refractivity contribution >= 4 is 26.9 Å². The molecule has 1 aliphatic rings. The Kier molecular flexibility index (Phi) is 6.32. The van der Waals surface area contributed by atoms with Gasteiger partial charge in [0.25, 0.3) is 0 Å². The molecule has 176 valence electrons. The van der Waals surface area contributed by atoms with Gasteiger partial charge in [-0.25, -0.2) is 23.1 Å². The summed E-state index contributed by atoms with van der Waals surface area (Å²) in [5.74, 6) is 0.745. The Balaban J connectivity index is 1.61. The first-order valence-electron chi connectivity index (χ1n) is 11.4. The number of nitrogens with one attached hydrogen (secondary N) is 3. The van der Waals surface area contributed by atoms with Crippen molar-refractivity contribution in [2.45, 2.75) is 30.3 Å². The molecule has 0 spiro atoms. The van der Waals surface area contributed by atoms with E-state index in [9.17, 15) is 8.42 Å². The van der Waals surface area contributed by atoms with E-state index < -0.39 is 10.0 Å². The lowest BCUT2D eigenvalue weighted by Gasteiger charge is -2.23. The molecule has 1 aliphatic heterocycles. The molecule has 5 rings (SSSR count). The number of fused-ring (bicyclic) bond motifs is 1. The Labute approximate surface area is 198 Å². The van der Waals surface area contributed by atoms with E-state index >= 15 is 0 Å². The van der Waals surface area contributed by atoms with Crippen LogP contribution >= 0.6 is 0 Å². The van der Waals surface area contributed by atoms with Crippen LogP contribution in [0.5, 0.6) is 0 Å². The average molecular weight is 478 g/mol. The lowest BCUT2D eigenvalue weighted by molar-refractivity contribution is 0.0247. The van der Waals surface area contributed by atoms with Gasteiger partial charge >= 0.3 is 0 Å². The maximum Gasteiger partial charge on any atom is 0.240 e. The van der Waals surface area contributed by atoms with Crippen LogP contribution in [0.3, 0.4) is 0 Å². The molecule has 1 unspecified atom stereocenters. The number of hydrogen-bond acceptors (Lipinski definition) is 6. The third-order valence-electron chi connectivity index (χ3n) is 6.15. The van der Waals surface area contributed by atoms with Crippen molar-refractivity contribution in [3.63, 3.8) is 0 Å². The Hall–Kier alpha value is -3.27. The van der Waals surface area contributed by atoms with Crippen molar-refractivity contribution in [3.8, 4) is 22.4 Å². The fraction of sp³-hybridized carbons (Fsp3) is 0.280. The largest absolute Gasteiger partial charge is 0.376 e. The summed E-state index contributed by atoms with van der Waals surface area (Å²) in [6, 6.07) is 16.9. The minimum atomic E-state index is -3.51. The maximum atomic E-state index is 12.2. The first-order valence-corrected chi connectivity index (χ1v) is 12.9. The van der Waals surface area contributed by atoms with Crippen LogP contribution in [0.2, 0.25) is 0 Å². The van der Waals surface area contributed by atoms with Crippen molar-refractivity contribution in [1.82, 2.24) is 19.7 Å². The third kappa shape index (κ3) is 4.42. The highest BCUT2D eigenvalue weighted by Crippen LogP contribution is 2.40. The van der Waals surface area contributed by atoms with E-state index in [1.807, 2.05) is 30.3 Å². The fourth-order valence-electron chi connectivity index (χ4n) is 4.36. The number of anilines is 1. The zero-order chi connectivity index (χ0) is 23.5. The van der Waals surface area contributed by atoms with Crippen molar-refractivity contribution in [2.75, 3.05) is 25.5 Å². The fourth-order valence-corrected chi connectivity index (χ4v) is 5.09. The Morgan fingerprint density at radius 1 is 1.03 bits per heavy atom. The molecule has 1 atom stereocenters. The van der Waals surface area contributed by atoms with Gasteiger partial charge in [0.05, 0.1) is 22.1 Å². The number of benzene rings is 2. The first-order chi connectivity index (χ1) is 16.6. The number of H-pyrrole nitrogens is 1. The van der Waals surface area contributed by atoms with Gasteiger partial charge in [0.15, 0.2) is 0 Å². The highest BCUT2D eigenvalue weighted by atomic mass is 32.2. The molecule has 1 saturated heterocycles. The summed E-state index contributed by atoms with van der Waals surface area (Å²) in [5.41, 5.74) is 4.40. The minimum absolute atomic E-state index is 0.166. The molecule has 1 fully saturated rings. The predicted octanol–water partition coefficient (Wildman–Crippen LogP) is 4.18. The quantitative estimate of drug-likeness (QED) is 0.368. The van der Waals surface area contributed by atoms with Crippen molar-refractivity contribution < 1.29 is 13.2 Å². The van der Waals surface area contributed by atoms with Crippen molar-refractivity contribution in [3.05, 3.63) is 60.9 Å². The van der Waals surface area contributed by atoms with Crippen LogP contribution in [0.1, 0.15) is 19.3 Å². The highest BCUT2D eigenvalue weighted by Gasteiger charge is 2.21. The van der Waals surface area contributed by atoms with Gasteiger partial charge in [-0.15, -0.1) is 0 Å². The lowest BCUT2D eigenvalue weighted by Crippen LogP contribution is -2.27. The van der Waals surface area contributed by atoms with E-state index in [2.05, 4.69) is 25.0 Å². The van der Waals surface area contributed by atoms with Gasteiger partial charge in [-0.05, 0) is 49.6 Å². The summed E-state index contributed by atoms with van der Waals surface area (Å²) >= 11 is 0. The van der Waals surface area contributed by atoms with E-state index in [0.717, 1.165) is 53.0 Å². The topological polar surface area (TPSA) is 109 Å². The van der Waals surface area contributed by atoms with E-state index in [0.29, 0.717) is 12.2 Å². The smallest absolute Gasteiger partial charge is 0.240 e. The van der Waals surface area contributed by atoms with Crippen LogP contribution in [-0.2, 0) is 14.8 Å². The summed E-state index contributed by atoms with van der Waals surface area (Å²) in [7, 11) is -2.11. The molecule has 4 aromatic rings. The van der Waals surface area contributed by atoms with Gasteiger partial charge in [-0.3, -0.25) is 0 Å². The molecule has 0 saturated carbocycles. The second-order valence-electron chi connectivity index (χ2n) is 8.29. The summed E-state index contributed by atoms with van der Waals surface area (Å²) in [6.45, 7) is 1.48. The molecule has 8 nitrogen and oxygen atoms in total. The molecule has 9 heteroatoms. The van der Waals surface area contributed by atoms with E-state index in [-0.39, 0.29) is 11.0 Å². The maximum absolute atomic E-state index is 12.2. The summed E-state index contributed by atoms with van der Waals surface area (Å²) in [4.78, 5) is 12.7. The van der Waals surface area contributed by atoms with Gasteiger partial charge in [0.1, 0.15) is 17.8 Å². The van der Waals surface area contributed by atoms with Gasteiger partial charge in [0, 0.05) is 18.7 Å². The predicted molar refractivity (Wildman–Crippen MR) is 133 cm³/mol. The molecule has 0 radical (unpaired) electrons. The molecular weight excluding hydrogens is 450 g/mol. The molecule has 34 heavy (non-hydrogen) atoms. The molecule has 0 bridgehead atoms. The number of rotatable bonds is 7. The molecule has 0 aliphatic carbocycles. The first kappa shape index (κ1) is 22.5. The lowest BCUT2D eigenvalue weighted by atomic mass is 9.99. The zero-order valence-corrected chi connectivity index (χ0v) is 19.7. The van der Waals surface area contributed by atoms with Crippen LogP contribution in [0.15, 0.2) is 65.8 Å². The van der Waals surface area contributed by atoms with Crippen LogP contribution in [-0.4, -0.2) is 49.7 Å².